The molecule has 2 N–H and O–H groups in total. The number of phenols is 2. The van der Waals surface area contributed by atoms with Crippen LogP contribution in [0.3, 0.4) is 0 Å². The summed E-state index contributed by atoms with van der Waals surface area (Å²) in [5.74, 6) is 4.00. The van der Waals surface area contributed by atoms with Crippen LogP contribution in [0.4, 0.5) is 0 Å². The van der Waals surface area contributed by atoms with Gasteiger partial charge in [-0.3, -0.25) is 0 Å². The molecule has 3 aliphatic rings. The summed E-state index contributed by atoms with van der Waals surface area (Å²) in [4.78, 5) is 0. The fraction of sp³-hybridized carbons (Fsp3) is 0.400. The molecule has 0 saturated carbocycles. The van der Waals surface area contributed by atoms with E-state index in [1.165, 1.54) is 0 Å². The zero-order valence-electron chi connectivity index (χ0n) is 49.3. The van der Waals surface area contributed by atoms with Crippen molar-refractivity contribution < 1.29 is 33.9 Å². The largest absolute Gasteiger partial charge is 0.507 e. The summed E-state index contributed by atoms with van der Waals surface area (Å²) in [7, 11) is 5.17. The Balaban J connectivity index is 1.47. The van der Waals surface area contributed by atoms with E-state index in [9.17, 15) is 10.2 Å². The lowest BCUT2D eigenvalue weighted by atomic mass is 9.79. The molecule has 0 atom stereocenters. The monoisotopic (exact) mass is 1030 g/mol. The Morgan fingerprint density at radius 2 is 0.558 bits per heavy atom. The maximum absolute atomic E-state index is 13.0. The number of hydrogen-bond acceptors (Lipinski definition) is 7. The minimum absolute atomic E-state index is 0.175. The van der Waals surface area contributed by atoms with E-state index in [0.29, 0.717) is 42.9 Å². The highest BCUT2D eigenvalue weighted by molar-refractivity contribution is 5.89. The zero-order chi connectivity index (χ0) is 55.8. The molecule has 7 heteroatoms. The van der Waals surface area contributed by atoms with Crippen LogP contribution in [0, 0.1) is 20.8 Å². The van der Waals surface area contributed by atoms with Crippen molar-refractivity contribution in [2.45, 2.75) is 164 Å². The van der Waals surface area contributed by atoms with E-state index in [-0.39, 0.29) is 46.4 Å². The molecule has 0 fully saturated rings. The van der Waals surface area contributed by atoms with Crippen molar-refractivity contribution >= 4 is 0 Å². The van der Waals surface area contributed by atoms with Crippen LogP contribution < -0.4 is 23.7 Å². The smallest absolute Gasteiger partial charge is 0.134 e. The third-order valence-corrected chi connectivity index (χ3v) is 15.8. The average molecular weight is 1040 g/mol. The lowest BCUT2D eigenvalue weighted by Crippen LogP contribution is -2.17. The Morgan fingerprint density at radius 1 is 0.325 bits per heavy atom. The van der Waals surface area contributed by atoms with Crippen molar-refractivity contribution in [2.24, 2.45) is 0 Å². The summed E-state index contributed by atoms with van der Waals surface area (Å²) in [5, 5.41) is 25.9. The van der Waals surface area contributed by atoms with Gasteiger partial charge < -0.3 is 33.9 Å². The van der Waals surface area contributed by atoms with Gasteiger partial charge in [0.25, 0.3) is 0 Å². The first kappa shape index (κ1) is 54.9. The molecule has 0 saturated heterocycles. The van der Waals surface area contributed by atoms with E-state index in [4.69, 9.17) is 23.7 Å². The highest BCUT2D eigenvalue weighted by atomic mass is 16.5. The van der Waals surface area contributed by atoms with Gasteiger partial charge in [0.15, 0.2) is 0 Å². The third-order valence-electron chi connectivity index (χ3n) is 15.8. The Hall–Kier alpha value is -6.86. The standard InChI is InChI=1S/C70H82O7/c1-39-19-50-37-76-62-46-25-42-29-52(67(4,5)6)31-44(60(42)71)27-48-35-55(70(13,14)15)36-49(28-45-32-53(68(7,8)9)30-43(61(45)72)26-47(62)34-54(33-46)69(10,11)12)63(48)77-38-51-20-40(2)22-57(65(51)74-17)59-24-41(3)23-58(66(59)75-18)56(21-39)64(50)73-16/h19-24,29-36,71-72H,25-28,37-38H2,1-18H3. The van der Waals surface area contributed by atoms with Gasteiger partial charge in [-0.25, -0.2) is 0 Å². The maximum Gasteiger partial charge on any atom is 0.134 e. The summed E-state index contributed by atoms with van der Waals surface area (Å²) in [6.07, 6.45) is 1.56. The Labute approximate surface area is 459 Å². The van der Waals surface area contributed by atoms with E-state index in [1.54, 1.807) is 21.3 Å². The van der Waals surface area contributed by atoms with Crippen LogP contribution in [0.15, 0.2) is 84.9 Å². The molecule has 0 amide bonds. The van der Waals surface area contributed by atoms with Crippen molar-refractivity contribution in [3.8, 4) is 62.5 Å². The van der Waals surface area contributed by atoms with Gasteiger partial charge in [-0.05, 0) is 162 Å². The first-order valence-electron chi connectivity index (χ1n) is 27.4. The summed E-state index contributed by atoms with van der Waals surface area (Å²) in [6, 6.07) is 30.8. The van der Waals surface area contributed by atoms with Crippen molar-refractivity contribution in [2.75, 3.05) is 21.3 Å². The van der Waals surface area contributed by atoms with Crippen LogP contribution in [-0.4, -0.2) is 31.5 Å². The predicted molar refractivity (Wildman–Crippen MR) is 315 cm³/mol. The highest BCUT2D eigenvalue weighted by Gasteiger charge is 2.31. The molecule has 7 nitrogen and oxygen atoms in total. The minimum Gasteiger partial charge on any atom is -0.507 e. The fourth-order valence-electron chi connectivity index (χ4n) is 11.5. The molecule has 404 valence electrons. The van der Waals surface area contributed by atoms with Crippen molar-refractivity contribution in [3.63, 3.8) is 0 Å². The minimum atomic E-state index is -0.250. The number of aryl methyl sites for hydroxylation is 3. The van der Waals surface area contributed by atoms with Gasteiger partial charge in [0, 0.05) is 59.1 Å². The molecule has 10 rings (SSSR count). The number of rotatable bonds is 3. The van der Waals surface area contributed by atoms with Crippen LogP contribution in [0.25, 0.3) is 22.3 Å². The second kappa shape index (κ2) is 20.2. The van der Waals surface area contributed by atoms with E-state index >= 15 is 0 Å². The molecule has 0 radical (unpaired) electrons. The summed E-state index contributed by atoms with van der Waals surface area (Å²) in [5.41, 5.74) is 18.9. The molecule has 2 heterocycles. The average Bonchev–Trinajstić information content (AvgIpc) is 3.33. The van der Waals surface area contributed by atoms with Crippen LogP contribution in [0.2, 0.25) is 0 Å². The second-order valence-corrected chi connectivity index (χ2v) is 26.2. The van der Waals surface area contributed by atoms with Gasteiger partial charge in [-0.2, -0.15) is 0 Å². The van der Waals surface area contributed by atoms with Crippen LogP contribution >= 0.6 is 0 Å². The quantitative estimate of drug-likeness (QED) is 0.182. The molecular formula is C70H82O7. The number of hydrogen-bond donors (Lipinski definition) is 2. The molecule has 77 heavy (non-hydrogen) atoms. The summed E-state index contributed by atoms with van der Waals surface area (Å²) in [6.45, 7) is 33.5. The lowest BCUT2D eigenvalue weighted by Gasteiger charge is -2.28. The van der Waals surface area contributed by atoms with Gasteiger partial charge in [-0.15, -0.1) is 0 Å². The first-order chi connectivity index (χ1) is 36.1. The lowest BCUT2D eigenvalue weighted by molar-refractivity contribution is 0.291. The Kier molecular flexibility index (Phi) is 14.4. The van der Waals surface area contributed by atoms with Gasteiger partial charge in [0.2, 0.25) is 0 Å². The molecule has 16 bridgehead atoms. The predicted octanol–water partition coefficient (Wildman–Crippen LogP) is 16.7. The Morgan fingerprint density at radius 3 is 0.805 bits per heavy atom. The van der Waals surface area contributed by atoms with Crippen LogP contribution in [-0.2, 0) is 60.6 Å². The van der Waals surface area contributed by atoms with Gasteiger partial charge >= 0.3 is 0 Å². The molecule has 7 aromatic rings. The van der Waals surface area contributed by atoms with Gasteiger partial charge in [0.1, 0.15) is 53.5 Å². The van der Waals surface area contributed by atoms with E-state index < -0.39 is 0 Å². The van der Waals surface area contributed by atoms with E-state index in [1.807, 2.05) is 0 Å². The van der Waals surface area contributed by atoms with Crippen molar-refractivity contribution in [3.05, 3.63) is 180 Å². The fourth-order valence-corrected chi connectivity index (χ4v) is 11.5. The van der Waals surface area contributed by atoms with Crippen LogP contribution in [0.5, 0.6) is 40.2 Å². The topological polar surface area (TPSA) is 86.6 Å². The maximum atomic E-state index is 13.0. The first-order valence-corrected chi connectivity index (χ1v) is 27.4. The zero-order valence-corrected chi connectivity index (χ0v) is 49.3. The molecule has 1 aliphatic carbocycles. The molecule has 7 aromatic carbocycles. The van der Waals surface area contributed by atoms with Crippen molar-refractivity contribution in [1.82, 2.24) is 0 Å². The normalized spacial score (nSPS) is 13.8. The molecule has 0 spiro atoms. The number of benzene rings is 7. The van der Waals surface area contributed by atoms with E-state index in [0.717, 1.165) is 128 Å². The summed E-state index contributed by atoms with van der Waals surface area (Å²) >= 11 is 0. The number of phenolic OH excluding ortho intramolecular Hbond substituents is 2. The Bertz CT molecular complexity index is 3130. The number of fused-ring (bicyclic) bond motifs is 2. The van der Waals surface area contributed by atoms with Gasteiger partial charge in [0.05, 0.1) is 21.3 Å². The van der Waals surface area contributed by atoms with Crippen LogP contribution in [0.1, 0.15) is 178 Å². The molecule has 2 aliphatic heterocycles. The second-order valence-electron chi connectivity index (χ2n) is 26.2. The molecule has 0 aromatic heterocycles. The van der Waals surface area contributed by atoms with E-state index in [2.05, 4.69) is 189 Å². The molecule has 0 unspecified atom stereocenters. The van der Waals surface area contributed by atoms with Crippen molar-refractivity contribution in [1.29, 1.82) is 0 Å². The number of aromatic hydroxyl groups is 2. The highest BCUT2D eigenvalue weighted by Crippen LogP contribution is 2.50. The molecular weight excluding hydrogens is 953 g/mol. The number of ether oxygens (including phenoxy) is 5. The summed E-state index contributed by atoms with van der Waals surface area (Å²) < 4.78 is 34.2. The third kappa shape index (κ3) is 10.9. The van der Waals surface area contributed by atoms with Gasteiger partial charge in [-0.1, -0.05) is 132 Å². The SMILES string of the molecule is COc1c2cc(C)cc1-c1cc(C)cc(c1OC)-c1cc(C)cc(c1OC)COc1c3cc(C(C)(C)C)cc1Cc1cc(C(C)(C)C)cc(c1O)Cc1cc(C(C)(C)C)cc(c1OC2)Cc1cc(C(C)(C)C)cc(c1O)C3. The number of methoxy groups -OCH3 is 3.